The summed E-state index contributed by atoms with van der Waals surface area (Å²) in [6.07, 6.45) is 0. The third-order valence-electron chi connectivity index (χ3n) is 2.48. The number of carboxylic acid groups (broad SMARTS) is 1. The third kappa shape index (κ3) is 6.64. The van der Waals surface area contributed by atoms with Gasteiger partial charge in [0.15, 0.2) is 0 Å². The summed E-state index contributed by atoms with van der Waals surface area (Å²) in [5.41, 5.74) is 0. The maximum atomic E-state index is 11.7. The van der Waals surface area contributed by atoms with E-state index in [1.54, 1.807) is 6.92 Å². The number of carbonyl (C=O) groups excluding carboxylic acids is 2. The summed E-state index contributed by atoms with van der Waals surface area (Å²) in [4.78, 5) is 35.3. The second-order valence-corrected chi connectivity index (χ2v) is 4.95. The van der Waals surface area contributed by atoms with Crippen molar-refractivity contribution in [3.63, 3.8) is 0 Å². The average Bonchev–Trinajstić information content (AvgIpc) is 2.27. The number of urea groups is 1. The van der Waals surface area contributed by atoms with E-state index in [0.717, 1.165) is 0 Å². The molecule has 0 saturated carbocycles. The topological polar surface area (TPSA) is 98.7 Å². The van der Waals surface area contributed by atoms with E-state index in [2.05, 4.69) is 10.6 Å². The lowest BCUT2D eigenvalue weighted by Gasteiger charge is -2.23. The number of carbonyl (C=O) groups is 3. The molecule has 3 amide bonds. The highest BCUT2D eigenvalue weighted by molar-refractivity contribution is 5.86. The Hall–Kier alpha value is -1.79. The number of rotatable bonds is 6. The second kappa shape index (κ2) is 7.60. The fourth-order valence-corrected chi connectivity index (χ4v) is 1.34. The van der Waals surface area contributed by atoms with Crippen LogP contribution in [0.5, 0.6) is 0 Å². The zero-order valence-electron chi connectivity index (χ0n) is 12.1. The van der Waals surface area contributed by atoms with Crippen molar-refractivity contribution in [3.05, 3.63) is 0 Å². The predicted molar refractivity (Wildman–Crippen MR) is 70.7 cm³/mol. The van der Waals surface area contributed by atoms with Gasteiger partial charge in [0.05, 0.1) is 5.92 Å². The molecule has 0 aliphatic rings. The largest absolute Gasteiger partial charge is 0.481 e. The van der Waals surface area contributed by atoms with Crippen LogP contribution in [0.4, 0.5) is 4.79 Å². The van der Waals surface area contributed by atoms with E-state index in [9.17, 15) is 14.4 Å². The van der Waals surface area contributed by atoms with Crippen LogP contribution in [0.15, 0.2) is 0 Å². The zero-order chi connectivity index (χ0) is 15.2. The van der Waals surface area contributed by atoms with Crippen LogP contribution in [0.3, 0.4) is 0 Å². The number of carboxylic acids is 1. The minimum Gasteiger partial charge on any atom is -0.481 e. The van der Waals surface area contributed by atoms with Gasteiger partial charge >= 0.3 is 12.0 Å². The van der Waals surface area contributed by atoms with Gasteiger partial charge in [-0.25, -0.2) is 4.79 Å². The van der Waals surface area contributed by atoms with Crippen molar-refractivity contribution in [3.8, 4) is 0 Å². The molecule has 2 unspecified atom stereocenters. The molecule has 0 spiro atoms. The highest BCUT2D eigenvalue weighted by atomic mass is 16.4. The van der Waals surface area contributed by atoms with Gasteiger partial charge in [0.2, 0.25) is 5.91 Å². The number of nitrogens with one attached hydrogen (secondary N) is 2. The summed E-state index contributed by atoms with van der Waals surface area (Å²) in [5.74, 6) is -1.90. The average molecular weight is 273 g/mol. The molecule has 0 radical (unpaired) electrons. The molecule has 0 aromatic carbocycles. The molecule has 0 saturated heterocycles. The van der Waals surface area contributed by atoms with Crippen LogP contribution >= 0.6 is 0 Å². The Balaban J connectivity index is 4.29. The first-order valence-corrected chi connectivity index (χ1v) is 6.20. The first-order chi connectivity index (χ1) is 8.65. The second-order valence-electron chi connectivity index (χ2n) is 4.95. The summed E-state index contributed by atoms with van der Waals surface area (Å²) in [7, 11) is 1.49. The van der Waals surface area contributed by atoms with E-state index in [1.165, 1.54) is 18.9 Å². The van der Waals surface area contributed by atoms with Crippen LogP contribution in [0.2, 0.25) is 0 Å². The first kappa shape index (κ1) is 17.2. The van der Waals surface area contributed by atoms with Crippen molar-refractivity contribution < 1.29 is 19.5 Å². The number of amides is 3. The Bertz CT molecular complexity index is 344. The Labute approximate surface area is 113 Å². The van der Waals surface area contributed by atoms with Gasteiger partial charge in [0.25, 0.3) is 0 Å². The lowest BCUT2D eigenvalue weighted by molar-refractivity contribution is -0.141. The van der Waals surface area contributed by atoms with E-state index >= 15 is 0 Å². The first-order valence-electron chi connectivity index (χ1n) is 6.20. The summed E-state index contributed by atoms with van der Waals surface area (Å²) in [6.45, 7) is 6.82. The van der Waals surface area contributed by atoms with Crippen molar-refractivity contribution in [1.82, 2.24) is 15.5 Å². The minimum absolute atomic E-state index is 0.00313. The Morgan fingerprint density at radius 3 is 2.05 bits per heavy atom. The summed E-state index contributed by atoms with van der Waals surface area (Å²) in [5, 5.41) is 14.0. The summed E-state index contributed by atoms with van der Waals surface area (Å²) >= 11 is 0. The van der Waals surface area contributed by atoms with Crippen LogP contribution in [-0.4, -0.2) is 53.6 Å². The smallest absolute Gasteiger partial charge is 0.317 e. The maximum absolute atomic E-state index is 11.7. The van der Waals surface area contributed by atoms with Gasteiger partial charge < -0.3 is 20.6 Å². The summed E-state index contributed by atoms with van der Waals surface area (Å²) < 4.78 is 0. The molecule has 0 heterocycles. The molecule has 0 aliphatic carbocycles. The number of hydrogen-bond donors (Lipinski definition) is 3. The molecule has 0 aromatic heterocycles. The molecule has 110 valence electrons. The molecule has 7 nitrogen and oxygen atoms in total. The van der Waals surface area contributed by atoms with Crippen molar-refractivity contribution in [2.75, 3.05) is 13.6 Å². The van der Waals surface area contributed by atoms with Crippen LogP contribution in [0, 0.1) is 5.92 Å². The van der Waals surface area contributed by atoms with Crippen LogP contribution in [-0.2, 0) is 9.59 Å². The van der Waals surface area contributed by atoms with Crippen molar-refractivity contribution in [2.24, 2.45) is 5.92 Å². The molecule has 19 heavy (non-hydrogen) atoms. The maximum Gasteiger partial charge on any atom is 0.317 e. The molecule has 0 aromatic rings. The highest BCUT2D eigenvalue weighted by Gasteiger charge is 2.21. The van der Waals surface area contributed by atoms with Gasteiger partial charge in [-0.1, -0.05) is 6.92 Å². The van der Waals surface area contributed by atoms with E-state index in [1.807, 2.05) is 13.8 Å². The highest BCUT2D eigenvalue weighted by Crippen LogP contribution is 1.99. The molecule has 0 rings (SSSR count). The van der Waals surface area contributed by atoms with Crippen molar-refractivity contribution >= 4 is 17.9 Å². The third-order valence-corrected chi connectivity index (χ3v) is 2.48. The van der Waals surface area contributed by atoms with Crippen LogP contribution in [0.25, 0.3) is 0 Å². The van der Waals surface area contributed by atoms with E-state index < -0.39 is 24.0 Å². The van der Waals surface area contributed by atoms with Crippen LogP contribution in [0.1, 0.15) is 27.7 Å². The van der Waals surface area contributed by atoms with Gasteiger partial charge in [-0.3, -0.25) is 9.59 Å². The monoisotopic (exact) mass is 273 g/mol. The van der Waals surface area contributed by atoms with Gasteiger partial charge in [0.1, 0.15) is 6.04 Å². The van der Waals surface area contributed by atoms with E-state index in [4.69, 9.17) is 5.11 Å². The van der Waals surface area contributed by atoms with Crippen LogP contribution < -0.4 is 10.6 Å². The fraction of sp³-hybridized carbons (Fsp3) is 0.750. The molecule has 0 aliphatic heterocycles. The Morgan fingerprint density at radius 2 is 1.63 bits per heavy atom. The molecule has 2 atom stereocenters. The zero-order valence-corrected chi connectivity index (χ0v) is 12.1. The molecule has 7 heteroatoms. The molecular weight excluding hydrogens is 250 g/mol. The Morgan fingerprint density at radius 1 is 1.11 bits per heavy atom. The lowest BCUT2D eigenvalue weighted by atomic mass is 10.2. The van der Waals surface area contributed by atoms with Gasteiger partial charge in [-0.05, 0) is 20.8 Å². The van der Waals surface area contributed by atoms with Crippen molar-refractivity contribution in [2.45, 2.75) is 39.8 Å². The van der Waals surface area contributed by atoms with Gasteiger partial charge in [0, 0.05) is 19.6 Å². The molecule has 3 N–H and O–H groups in total. The fourth-order valence-electron chi connectivity index (χ4n) is 1.34. The van der Waals surface area contributed by atoms with E-state index in [0.29, 0.717) is 0 Å². The number of aliphatic carboxylic acids is 1. The molecule has 0 fully saturated rings. The SMILES string of the molecule is CC(C)NC(=O)C(C)NC(=O)N(C)CC(C)C(=O)O. The standard InChI is InChI=1S/C12H23N3O4/c1-7(2)13-10(16)9(4)14-12(19)15(5)6-8(3)11(17)18/h7-9H,6H2,1-5H3,(H,13,16)(H,14,19)(H,17,18). The molecular formula is C12H23N3O4. The lowest BCUT2D eigenvalue weighted by Crippen LogP contribution is -2.50. The van der Waals surface area contributed by atoms with Gasteiger partial charge in [-0.2, -0.15) is 0 Å². The quantitative estimate of drug-likeness (QED) is 0.646. The van der Waals surface area contributed by atoms with E-state index in [-0.39, 0.29) is 18.5 Å². The summed E-state index contributed by atoms with van der Waals surface area (Å²) in [6, 6.07) is -1.14. The number of nitrogens with zero attached hydrogens (tertiary/aromatic N) is 1. The predicted octanol–water partition coefficient (Wildman–Crippen LogP) is 0.262. The Kier molecular flexibility index (Phi) is 6.89. The number of hydrogen-bond acceptors (Lipinski definition) is 3. The normalized spacial score (nSPS) is 13.6. The minimum atomic E-state index is -0.967. The molecule has 0 bridgehead atoms. The van der Waals surface area contributed by atoms with Crippen molar-refractivity contribution in [1.29, 1.82) is 0 Å². The van der Waals surface area contributed by atoms with Gasteiger partial charge in [-0.15, -0.1) is 0 Å².